The first-order valence-electron chi connectivity index (χ1n) is 9.96. The Balaban J connectivity index is 1.34. The van der Waals surface area contributed by atoms with E-state index in [1.54, 1.807) is 0 Å². The van der Waals surface area contributed by atoms with E-state index in [1.165, 1.54) is 0 Å². The number of fused-ring (bicyclic) bond motifs is 1. The minimum absolute atomic E-state index is 0.414. The second-order valence-corrected chi connectivity index (χ2v) is 7.25. The molecule has 0 unspecified atom stereocenters. The van der Waals surface area contributed by atoms with Crippen molar-refractivity contribution in [3.05, 3.63) is 102 Å². The molecule has 1 atom stereocenters. The number of ether oxygens (including phenoxy) is 1. The van der Waals surface area contributed by atoms with Gasteiger partial charge >= 0.3 is 5.97 Å². The average molecular weight is 400 g/mol. The molecule has 0 saturated heterocycles. The first kappa shape index (κ1) is 19.7. The Kier molecular flexibility index (Phi) is 6.11. The molecule has 0 radical (unpaired) electrons. The molecule has 0 fully saturated rings. The van der Waals surface area contributed by atoms with Gasteiger partial charge in [-0.3, -0.25) is 4.79 Å². The Labute approximate surface area is 175 Å². The third-order valence-electron chi connectivity index (χ3n) is 5.12. The zero-order chi connectivity index (χ0) is 20.8. The SMILES string of the molecule is O=C(O)[C@@H](Cc1c[nH]c2ccccc12)NCc1ccc(OCc2ccccc2)cc1. The summed E-state index contributed by atoms with van der Waals surface area (Å²) in [4.78, 5) is 15.0. The van der Waals surface area contributed by atoms with Crippen molar-refractivity contribution >= 4 is 16.9 Å². The zero-order valence-electron chi connectivity index (χ0n) is 16.5. The number of aliphatic carboxylic acids is 1. The Hall–Kier alpha value is -3.57. The van der Waals surface area contributed by atoms with Crippen molar-refractivity contribution in [1.82, 2.24) is 10.3 Å². The molecule has 152 valence electrons. The normalized spacial score (nSPS) is 12.0. The van der Waals surface area contributed by atoms with Gasteiger partial charge in [0.2, 0.25) is 0 Å². The number of aromatic nitrogens is 1. The van der Waals surface area contributed by atoms with E-state index in [9.17, 15) is 9.90 Å². The molecular formula is C25H24N2O3. The number of aromatic amines is 1. The van der Waals surface area contributed by atoms with Crippen LogP contribution in [0.4, 0.5) is 0 Å². The van der Waals surface area contributed by atoms with E-state index in [0.29, 0.717) is 19.6 Å². The molecule has 0 aliphatic rings. The van der Waals surface area contributed by atoms with E-state index >= 15 is 0 Å². The summed E-state index contributed by atoms with van der Waals surface area (Å²) in [5.74, 6) is -0.0701. The number of benzene rings is 3. The molecule has 0 bridgehead atoms. The van der Waals surface area contributed by atoms with Gasteiger partial charge in [-0.2, -0.15) is 0 Å². The van der Waals surface area contributed by atoms with Gasteiger partial charge in [-0.05, 0) is 34.9 Å². The molecule has 0 amide bonds. The van der Waals surface area contributed by atoms with E-state index < -0.39 is 12.0 Å². The second-order valence-electron chi connectivity index (χ2n) is 7.25. The summed E-state index contributed by atoms with van der Waals surface area (Å²) in [6, 6.07) is 25.0. The van der Waals surface area contributed by atoms with E-state index in [2.05, 4.69) is 10.3 Å². The number of hydrogen-bond donors (Lipinski definition) is 3. The summed E-state index contributed by atoms with van der Waals surface area (Å²) in [7, 11) is 0. The molecule has 1 aromatic heterocycles. The van der Waals surface area contributed by atoms with Gasteiger partial charge in [-0.25, -0.2) is 0 Å². The number of nitrogens with one attached hydrogen (secondary N) is 2. The lowest BCUT2D eigenvalue weighted by molar-refractivity contribution is -0.139. The first-order valence-corrected chi connectivity index (χ1v) is 9.96. The number of carbonyl (C=O) groups is 1. The van der Waals surface area contributed by atoms with E-state index in [-0.39, 0.29) is 0 Å². The van der Waals surface area contributed by atoms with Crippen LogP contribution in [-0.2, 0) is 24.4 Å². The van der Waals surface area contributed by atoms with Crippen molar-refractivity contribution in [3.8, 4) is 5.75 Å². The van der Waals surface area contributed by atoms with Gasteiger partial charge in [-0.15, -0.1) is 0 Å². The maximum atomic E-state index is 11.8. The molecule has 4 rings (SSSR count). The summed E-state index contributed by atoms with van der Waals surface area (Å²) in [5.41, 5.74) is 4.13. The van der Waals surface area contributed by atoms with Crippen molar-refractivity contribution in [2.45, 2.75) is 25.6 Å². The highest BCUT2D eigenvalue weighted by Gasteiger charge is 2.19. The van der Waals surface area contributed by atoms with Crippen LogP contribution in [0.1, 0.15) is 16.7 Å². The van der Waals surface area contributed by atoms with Crippen LogP contribution < -0.4 is 10.1 Å². The quantitative estimate of drug-likeness (QED) is 0.386. The highest BCUT2D eigenvalue weighted by molar-refractivity contribution is 5.84. The second kappa shape index (κ2) is 9.29. The fourth-order valence-electron chi connectivity index (χ4n) is 3.45. The maximum Gasteiger partial charge on any atom is 0.321 e. The van der Waals surface area contributed by atoms with E-state index in [0.717, 1.165) is 33.3 Å². The maximum absolute atomic E-state index is 11.8. The first-order chi connectivity index (χ1) is 14.7. The van der Waals surface area contributed by atoms with Gasteiger partial charge in [0.15, 0.2) is 0 Å². The van der Waals surface area contributed by atoms with Crippen molar-refractivity contribution in [2.75, 3.05) is 0 Å². The summed E-state index contributed by atoms with van der Waals surface area (Å²) in [6.45, 7) is 0.989. The lowest BCUT2D eigenvalue weighted by atomic mass is 10.0. The highest BCUT2D eigenvalue weighted by Crippen LogP contribution is 2.19. The Bertz CT molecular complexity index is 1100. The zero-order valence-corrected chi connectivity index (χ0v) is 16.5. The fraction of sp³-hybridized carbons (Fsp3) is 0.160. The van der Waals surface area contributed by atoms with Crippen molar-refractivity contribution in [3.63, 3.8) is 0 Å². The summed E-state index contributed by atoms with van der Waals surface area (Å²) >= 11 is 0. The molecule has 5 heteroatoms. The summed E-state index contributed by atoms with van der Waals surface area (Å²) in [5, 5.41) is 13.9. The van der Waals surface area contributed by atoms with Gasteiger partial charge < -0.3 is 20.1 Å². The monoisotopic (exact) mass is 400 g/mol. The fourth-order valence-corrected chi connectivity index (χ4v) is 3.45. The minimum atomic E-state index is -0.858. The summed E-state index contributed by atoms with van der Waals surface area (Å²) in [6.07, 6.45) is 2.30. The number of rotatable bonds is 9. The predicted molar refractivity (Wildman–Crippen MR) is 117 cm³/mol. The van der Waals surface area contributed by atoms with E-state index in [1.807, 2.05) is 85.1 Å². The molecule has 0 saturated carbocycles. The average Bonchev–Trinajstić information content (AvgIpc) is 3.19. The smallest absolute Gasteiger partial charge is 0.321 e. The number of carboxylic acid groups (broad SMARTS) is 1. The lowest BCUT2D eigenvalue weighted by Gasteiger charge is -2.14. The van der Waals surface area contributed by atoms with Gasteiger partial charge in [0, 0.05) is 30.1 Å². The third kappa shape index (κ3) is 4.88. The van der Waals surface area contributed by atoms with Crippen LogP contribution in [0.15, 0.2) is 85.1 Å². The van der Waals surface area contributed by atoms with Crippen LogP contribution in [-0.4, -0.2) is 22.1 Å². The highest BCUT2D eigenvalue weighted by atomic mass is 16.5. The molecule has 5 nitrogen and oxygen atoms in total. The molecule has 3 N–H and O–H groups in total. The van der Waals surface area contributed by atoms with Crippen LogP contribution >= 0.6 is 0 Å². The van der Waals surface area contributed by atoms with Crippen molar-refractivity contribution in [2.24, 2.45) is 0 Å². The molecule has 0 aliphatic heterocycles. The van der Waals surface area contributed by atoms with Crippen LogP contribution in [0.5, 0.6) is 5.75 Å². The standard InChI is InChI=1S/C25H24N2O3/c28-25(29)24(14-20-16-27-23-9-5-4-8-22(20)23)26-15-18-10-12-21(13-11-18)30-17-19-6-2-1-3-7-19/h1-13,16,24,26-27H,14-15,17H2,(H,28,29)/t24-/m1/s1. The topological polar surface area (TPSA) is 74.3 Å². The third-order valence-corrected chi connectivity index (χ3v) is 5.12. The van der Waals surface area contributed by atoms with Crippen LogP contribution in [0.3, 0.4) is 0 Å². The molecular weight excluding hydrogens is 376 g/mol. The number of hydrogen-bond acceptors (Lipinski definition) is 3. The predicted octanol–water partition coefficient (Wildman–Crippen LogP) is 4.53. The molecule has 0 aliphatic carbocycles. The van der Waals surface area contributed by atoms with Gasteiger partial charge in [0.25, 0.3) is 0 Å². The molecule has 3 aromatic carbocycles. The van der Waals surface area contributed by atoms with Crippen LogP contribution in [0.25, 0.3) is 10.9 Å². The van der Waals surface area contributed by atoms with Crippen molar-refractivity contribution in [1.29, 1.82) is 0 Å². The Morgan fingerprint density at radius 2 is 1.67 bits per heavy atom. The molecule has 1 heterocycles. The summed E-state index contributed by atoms with van der Waals surface area (Å²) < 4.78 is 5.80. The lowest BCUT2D eigenvalue weighted by Crippen LogP contribution is -2.38. The number of para-hydroxylation sites is 1. The largest absolute Gasteiger partial charge is 0.489 e. The van der Waals surface area contributed by atoms with Gasteiger partial charge in [-0.1, -0.05) is 60.7 Å². The van der Waals surface area contributed by atoms with Crippen LogP contribution in [0.2, 0.25) is 0 Å². The van der Waals surface area contributed by atoms with Crippen molar-refractivity contribution < 1.29 is 14.6 Å². The van der Waals surface area contributed by atoms with E-state index in [4.69, 9.17) is 4.74 Å². The molecule has 30 heavy (non-hydrogen) atoms. The van der Waals surface area contributed by atoms with Gasteiger partial charge in [0.05, 0.1) is 0 Å². The van der Waals surface area contributed by atoms with Gasteiger partial charge in [0.1, 0.15) is 18.4 Å². The Morgan fingerprint density at radius 3 is 2.43 bits per heavy atom. The molecule has 0 spiro atoms. The minimum Gasteiger partial charge on any atom is -0.489 e. The number of carboxylic acids is 1. The van der Waals surface area contributed by atoms with Crippen LogP contribution in [0, 0.1) is 0 Å². The molecule has 4 aromatic rings. The number of H-pyrrole nitrogens is 1. The Morgan fingerprint density at radius 1 is 0.933 bits per heavy atom.